The zero-order valence-electron chi connectivity index (χ0n) is 12.5. The number of carbonyl (C=O) groups excluding carboxylic acids is 1. The number of hydrogen-bond donors (Lipinski definition) is 1. The lowest BCUT2D eigenvalue weighted by molar-refractivity contribution is 0.258. The fourth-order valence-electron chi connectivity index (χ4n) is 3.37. The minimum absolute atomic E-state index is 0.122. The lowest BCUT2D eigenvalue weighted by Gasteiger charge is -2.33. The normalized spacial score (nSPS) is 22.2. The van der Waals surface area contributed by atoms with Gasteiger partial charge in [0, 0.05) is 28.2 Å². The molecule has 0 aliphatic carbocycles. The minimum Gasteiger partial charge on any atom is -0.343 e. The second kappa shape index (κ2) is 4.54. The molecule has 4 nitrogen and oxygen atoms in total. The molecule has 3 heterocycles. The molecule has 1 N–H and O–H groups in total. The van der Waals surface area contributed by atoms with Crippen LogP contribution in [-0.2, 0) is 0 Å². The summed E-state index contributed by atoms with van der Waals surface area (Å²) in [6, 6.07) is 13.1. The van der Waals surface area contributed by atoms with Crippen molar-refractivity contribution in [1.29, 1.82) is 0 Å². The maximum absolute atomic E-state index is 12.8. The zero-order chi connectivity index (χ0) is 15.3. The van der Waals surface area contributed by atoms with Crippen molar-refractivity contribution in [2.24, 2.45) is 0 Å². The molecule has 2 aromatic heterocycles. The summed E-state index contributed by atoms with van der Waals surface area (Å²) < 4.78 is 2.22. The molecule has 22 heavy (non-hydrogen) atoms. The van der Waals surface area contributed by atoms with Gasteiger partial charge >= 0.3 is 0 Å². The standard InChI is InChI=1S/C17H17N3OSi/c1-12-9-11-22(2,17(21)19-12)20-15-8-4-3-6-13(15)14-7-5-10-18-16(14)20/h3-8,10H,1,9,11H2,2H3,(H,19,21). The van der Waals surface area contributed by atoms with Gasteiger partial charge in [0.1, 0.15) is 5.65 Å². The van der Waals surface area contributed by atoms with E-state index >= 15 is 0 Å². The van der Waals surface area contributed by atoms with Gasteiger partial charge in [0.25, 0.3) is 8.24 Å². The summed E-state index contributed by atoms with van der Waals surface area (Å²) in [5.41, 5.74) is 2.97. The van der Waals surface area contributed by atoms with Crippen molar-refractivity contribution in [3.05, 3.63) is 54.9 Å². The number of hydrogen-bond acceptors (Lipinski definition) is 2. The Labute approximate surface area is 129 Å². The molecule has 1 saturated heterocycles. The van der Waals surface area contributed by atoms with E-state index in [0.29, 0.717) is 0 Å². The number of fused-ring (bicyclic) bond motifs is 3. The first-order valence-electron chi connectivity index (χ1n) is 7.45. The summed E-state index contributed by atoms with van der Waals surface area (Å²) in [4.78, 5) is 17.3. The van der Waals surface area contributed by atoms with Gasteiger partial charge in [0.05, 0.1) is 0 Å². The Morgan fingerprint density at radius 2 is 2.00 bits per heavy atom. The van der Waals surface area contributed by atoms with E-state index in [2.05, 4.69) is 45.9 Å². The van der Waals surface area contributed by atoms with Gasteiger partial charge in [-0.2, -0.15) is 0 Å². The first kappa shape index (κ1) is 13.3. The third kappa shape index (κ3) is 1.69. The Bertz CT molecular complexity index is 877. The van der Waals surface area contributed by atoms with Crippen molar-refractivity contribution in [3.8, 4) is 0 Å². The number of allylic oxidation sites excluding steroid dienone is 1. The number of rotatable bonds is 1. The van der Waals surface area contributed by atoms with Crippen molar-refractivity contribution in [2.75, 3.05) is 0 Å². The van der Waals surface area contributed by atoms with E-state index in [1.807, 2.05) is 18.2 Å². The van der Waals surface area contributed by atoms with Crippen molar-refractivity contribution in [3.63, 3.8) is 0 Å². The topological polar surface area (TPSA) is 46.9 Å². The molecule has 1 aliphatic rings. The van der Waals surface area contributed by atoms with Crippen molar-refractivity contribution in [1.82, 2.24) is 14.5 Å². The summed E-state index contributed by atoms with van der Waals surface area (Å²) in [7, 11) is -2.39. The summed E-state index contributed by atoms with van der Waals surface area (Å²) >= 11 is 0. The summed E-state index contributed by atoms with van der Waals surface area (Å²) in [5, 5.41) is 5.25. The average Bonchev–Trinajstić information content (AvgIpc) is 2.87. The predicted molar refractivity (Wildman–Crippen MR) is 91.4 cm³/mol. The Hall–Kier alpha value is -2.40. The molecule has 3 aromatic rings. The number of pyridine rings is 1. The number of benzene rings is 1. The molecule has 1 aliphatic heterocycles. The van der Waals surface area contributed by atoms with Gasteiger partial charge in [-0.05, 0) is 37.2 Å². The monoisotopic (exact) mass is 307 g/mol. The second-order valence-corrected chi connectivity index (χ2v) is 10.0. The van der Waals surface area contributed by atoms with E-state index in [0.717, 1.165) is 40.1 Å². The summed E-state index contributed by atoms with van der Waals surface area (Å²) in [5.74, 6) is 0. The van der Waals surface area contributed by atoms with Crippen molar-refractivity contribution < 1.29 is 4.79 Å². The van der Waals surface area contributed by atoms with Crippen LogP contribution in [0, 0.1) is 0 Å². The SMILES string of the molecule is C=C1CC[Si](C)(n2c3ccccc3c3cccnc32)C(=O)N1. The van der Waals surface area contributed by atoms with E-state index in [-0.39, 0.29) is 5.53 Å². The van der Waals surface area contributed by atoms with Crippen LogP contribution in [0.15, 0.2) is 54.9 Å². The molecule has 1 amide bonds. The Morgan fingerprint density at radius 1 is 1.23 bits per heavy atom. The maximum Gasteiger partial charge on any atom is 0.262 e. The van der Waals surface area contributed by atoms with Crippen molar-refractivity contribution >= 4 is 35.7 Å². The molecule has 0 saturated carbocycles. The molecule has 5 heteroatoms. The predicted octanol–water partition coefficient (Wildman–Crippen LogP) is 3.82. The Morgan fingerprint density at radius 3 is 2.82 bits per heavy atom. The average molecular weight is 307 g/mol. The lowest BCUT2D eigenvalue weighted by Crippen LogP contribution is -2.56. The lowest BCUT2D eigenvalue weighted by atomic mass is 10.2. The number of amides is 1. The van der Waals surface area contributed by atoms with E-state index in [9.17, 15) is 4.79 Å². The third-order valence-electron chi connectivity index (χ3n) is 4.62. The molecule has 0 radical (unpaired) electrons. The highest BCUT2D eigenvalue weighted by Gasteiger charge is 2.44. The molecule has 1 atom stereocenters. The van der Waals surface area contributed by atoms with Crippen LogP contribution < -0.4 is 5.32 Å². The zero-order valence-corrected chi connectivity index (χ0v) is 13.5. The molecule has 0 bridgehead atoms. The number of carbonyl (C=O) groups is 1. The first-order valence-corrected chi connectivity index (χ1v) is 10.1. The highest BCUT2D eigenvalue weighted by molar-refractivity contribution is 7.05. The summed E-state index contributed by atoms with van der Waals surface area (Å²) in [6.45, 7) is 6.02. The van der Waals surface area contributed by atoms with Crippen LogP contribution in [0.25, 0.3) is 21.9 Å². The molecular weight excluding hydrogens is 290 g/mol. The van der Waals surface area contributed by atoms with Crippen LogP contribution in [0.1, 0.15) is 6.42 Å². The minimum atomic E-state index is -2.39. The van der Waals surface area contributed by atoms with E-state index in [1.54, 1.807) is 6.20 Å². The van der Waals surface area contributed by atoms with E-state index in [4.69, 9.17) is 0 Å². The molecule has 1 unspecified atom stereocenters. The molecule has 0 spiro atoms. The molecule has 110 valence electrons. The molecular formula is C17H17N3OSi. The Kier molecular flexibility index (Phi) is 2.74. The quantitative estimate of drug-likeness (QED) is 0.695. The smallest absolute Gasteiger partial charge is 0.262 e. The fourth-order valence-corrected chi connectivity index (χ4v) is 6.64. The van der Waals surface area contributed by atoms with Gasteiger partial charge in [-0.1, -0.05) is 24.8 Å². The second-order valence-electron chi connectivity index (χ2n) is 6.06. The number of aromatic nitrogens is 2. The first-order chi connectivity index (χ1) is 10.6. The van der Waals surface area contributed by atoms with Crippen LogP contribution in [0.3, 0.4) is 0 Å². The van der Waals surface area contributed by atoms with Gasteiger partial charge in [-0.3, -0.25) is 4.79 Å². The van der Waals surface area contributed by atoms with Gasteiger partial charge in [-0.25, -0.2) is 4.98 Å². The number of nitrogens with one attached hydrogen (secondary N) is 1. The van der Waals surface area contributed by atoms with Crippen LogP contribution in [0.5, 0.6) is 0 Å². The largest absolute Gasteiger partial charge is 0.343 e. The maximum atomic E-state index is 12.8. The van der Waals surface area contributed by atoms with Crippen LogP contribution >= 0.6 is 0 Å². The van der Waals surface area contributed by atoms with Crippen LogP contribution in [-0.4, -0.2) is 23.0 Å². The van der Waals surface area contributed by atoms with Crippen LogP contribution in [0.2, 0.25) is 12.6 Å². The molecule has 4 rings (SSSR count). The van der Waals surface area contributed by atoms with Gasteiger partial charge in [0.2, 0.25) is 5.53 Å². The number of nitrogens with zero attached hydrogens (tertiary/aromatic N) is 2. The van der Waals surface area contributed by atoms with Crippen molar-refractivity contribution in [2.45, 2.75) is 19.0 Å². The summed E-state index contributed by atoms with van der Waals surface area (Å²) in [6.07, 6.45) is 2.64. The number of para-hydroxylation sites is 1. The molecule has 1 fully saturated rings. The van der Waals surface area contributed by atoms with E-state index < -0.39 is 8.24 Å². The molecule has 1 aromatic carbocycles. The van der Waals surface area contributed by atoms with Crippen LogP contribution in [0.4, 0.5) is 4.79 Å². The fraction of sp³-hybridized carbons (Fsp3) is 0.176. The van der Waals surface area contributed by atoms with E-state index in [1.165, 1.54) is 0 Å². The van der Waals surface area contributed by atoms with Gasteiger partial charge < -0.3 is 9.55 Å². The highest BCUT2D eigenvalue weighted by atomic mass is 28.3. The highest BCUT2D eigenvalue weighted by Crippen LogP contribution is 2.34. The van der Waals surface area contributed by atoms with Gasteiger partial charge in [-0.15, -0.1) is 0 Å². The third-order valence-corrected chi connectivity index (χ3v) is 8.39. The Balaban J connectivity index is 2.08. The van der Waals surface area contributed by atoms with Gasteiger partial charge in [0.15, 0.2) is 0 Å².